The van der Waals surface area contributed by atoms with Crippen LogP contribution in [0.1, 0.15) is 63.0 Å². The van der Waals surface area contributed by atoms with Gasteiger partial charge in [0, 0.05) is 6.61 Å². The van der Waals surface area contributed by atoms with Gasteiger partial charge >= 0.3 is 0 Å². The summed E-state index contributed by atoms with van der Waals surface area (Å²) in [6.07, 6.45) is 7.27. The SMILES string of the molecule is CC1(C)CCCC(c2ccc(CCCO)cc2)C1. The molecule has 1 aliphatic carbocycles. The van der Waals surface area contributed by atoms with E-state index in [-0.39, 0.29) is 0 Å². The summed E-state index contributed by atoms with van der Waals surface area (Å²) < 4.78 is 0. The highest BCUT2D eigenvalue weighted by Gasteiger charge is 2.28. The van der Waals surface area contributed by atoms with Crippen molar-refractivity contribution >= 4 is 0 Å². The highest BCUT2D eigenvalue weighted by Crippen LogP contribution is 2.43. The largest absolute Gasteiger partial charge is 0.396 e. The van der Waals surface area contributed by atoms with Crippen molar-refractivity contribution in [3.8, 4) is 0 Å². The molecule has 0 spiro atoms. The van der Waals surface area contributed by atoms with Crippen molar-refractivity contribution in [2.45, 2.75) is 58.3 Å². The van der Waals surface area contributed by atoms with Crippen LogP contribution in [0.2, 0.25) is 0 Å². The zero-order valence-electron chi connectivity index (χ0n) is 11.8. The summed E-state index contributed by atoms with van der Waals surface area (Å²) in [5, 5.41) is 8.84. The molecule has 100 valence electrons. The standard InChI is InChI=1S/C17H26O/c1-17(2)11-3-6-16(13-17)15-9-7-14(8-10-15)5-4-12-18/h7-10,16,18H,3-6,11-13H2,1-2H3. The molecule has 0 heterocycles. The Hall–Kier alpha value is -0.820. The van der Waals surface area contributed by atoms with Crippen LogP contribution < -0.4 is 0 Å². The second-order valence-corrected chi connectivity index (χ2v) is 6.53. The van der Waals surface area contributed by atoms with Gasteiger partial charge in [0.2, 0.25) is 0 Å². The highest BCUT2D eigenvalue weighted by molar-refractivity contribution is 5.26. The molecule has 18 heavy (non-hydrogen) atoms. The maximum Gasteiger partial charge on any atom is 0.0434 e. The molecule has 0 bridgehead atoms. The maximum absolute atomic E-state index is 8.84. The normalized spacial score (nSPS) is 22.9. The molecule has 1 unspecified atom stereocenters. The lowest BCUT2D eigenvalue weighted by molar-refractivity contribution is 0.219. The van der Waals surface area contributed by atoms with Crippen LogP contribution in [0.25, 0.3) is 0 Å². The van der Waals surface area contributed by atoms with Gasteiger partial charge in [-0.2, -0.15) is 0 Å². The minimum Gasteiger partial charge on any atom is -0.396 e. The summed E-state index contributed by atoms with van der Waals surface area (Å²) in [6, 6.07) is 9.09. The van der Waals surface area contributed by atoms with Crippen LogP contribution in [0, 0.1) is 5.41 Å². The van der Waals surface area contributed by atoms with Gasteiger partial charge in [-0.05, 0) is 54.6 Å². The molecule has 1 saturated carbocycles. The lowest BCUT2D eigenvalue weighted by atomic mass is 9.70. The average Bonchev–Trinajstić information content (AvgIpc) is 2.36. The Kier molecular flexibility index (Phi) is 4.45. The molecular weight excluding hydrogens is 220 g/mol. The molecule has 0 amide bonds. The molecule has 1 heteroatoms. The van der Waals surface area contributed by atoms with Crippen molar-refractivity contribution in [1.82, 2.24) is 0 Å². The van der Waals surface area contributed by atoms with Crippen molar-refractivity contribution in [3.63, 3.8) is 0 Å². The predicted octanol–water partition coefficient (Wildman–Crippen LogP) is 4.30. The number of benzene rings is 1. The molecule has 1 atom stereocenters. The van der Waals surface area contributed by atoms with E-state index in [1.165, 1.54) is 36.8 Å². The van der Waals surface area contributed by atoms with Gasteiger partial charge in [-0.1, -0.05) is 44.5 Å². The van der Waals surface area contributed by atoms with Gasteiger partial charge in [-0.3, -0.25) is 0 Å². The summed E-state index contributed by atoms with van der Waals surface area (Å²) in [5.41, 5.74) is 3.37. The first-order valence-corrected chi connectivity index (χ1v) is 7.30. The molecule has 1 N–H and O–H groups in total. The van der Waals surface area contributed by atoms with Crippen LogP contribution in [0.3, 0.4) is 0 Å². The van der Waals surface area contributed by atoms with Crippen LogP contribution in [-0.4, -0.2) is 11.7 Å². The Balaban J connectivity index is 2.00. The molecule has 0 radical (unpaired) electrons. The molecule has 1 fully saturated rings. The van der Waals surface area contributed by atoms with Crippen molar-refractivity contribution < 1.29 is 5.11 Å². The van der Waals surface area contributed by atoms with E-state index in [0.717, 1.165) is 18.8 Å². The van der Waals surface area contributed by atoms with Gasteiger partial charge in [0.05, 0.1) is 0 Å². The smallest absolute Gasteiger partial charge is 0.0434 e. The van der Waals surface area contributed by atoms with E-state index in [4.69, 9.17) is 5.11 Å². The fraction of sp³-hybridized carbons (Fsp3) is 0.647. The van der Waals surface area contributed by atoms with E-state index in [9.17, 15) is 0 Å². The van der Waals surface area contributed by atoms with E-state index in [1.54, 1.807) is 0 Å². The monoisotopic (exact) mass is 246 g/mol. The van der Waals surface area contributed by atoms with E-state index in [1.807, 2.05) is 0 Å². The van der Waals surface area contributed by atoms with E-state index < -0.39 is 0 Å². The molecule has 0 aliphatic heterocycles. The highest BCUT2D eigenvalue weighted by atomic mass is 16.2. The molecule has 1 nitrogen and oxygen atoms in total. The van der Waals surface area contributed by atoms with Crippen LogP contribution in [0.5, 0.6) is 0 Å². The van der Waals surface area contributed by atoms with Crippen molar-refractivity contribution in [1.29, 1.82) is 0 Å². The molecule has 1 aliphatic rings. The number of rotatable bonds is 4. The molecule has 1 aromatic carbocycles. The van der Waals surface area contributed by atoms with Gasteiger partial charge in [-0.15, -0.1) is 0 Å². The van der Waals surface area contributed by atoms with E-state index in [2.05, 4.69) is 38.1 Å². The topological polar surface area (TPSA) is 20.2 Å². The number of hydrogen-bond donors (Lipinski definition) is 1. The molecular formula is C17H26O. The maximum atomic E-state index is 8.84. The van der Waals surface area contributed by atoms with Gasteiger partial charge < -0.3 is 5.11 Å². The van der Waals surface area contributed by atoms with Gasteiger partial charge in [0.1, 0.15) is 0 Å². The first-order chi connectivity index (χ1) is 8.61. The van der Waals surface area contributed by atoms with Crippen molar-refractivity contribution in [2.24, 2.45) is 5.41 Å². The Bertz CT molecular complexity index is 364. The lowest BCUT2D eigenvalue weighted by Crippen LogP contribution is -2.21. The average molecular weight is 246 g/mol. The Morgan fingerprint density at radius 2 is 1.94 bits per heavy atom. The summed E-state index contributed by atoms with van der Waals surface area (Å²) in [4.78, 5) is 0. The number of hydrogen-bond acceptors (Lipinski definition) is 1. The zero-order valence-corrected chi connectivity index (χ0v) is 11.8. The van der Waals surface area contributed by atoms with E-state index >= 15 is 0 Å². The minimum absolute atomic E-state index is 0.290. The van der Waals surface area contributed by atoms with Crippen LogP contribution in [0.15, 0.2) is 24.3 Å². The second kappa shape index (κ2) is 5.88. The number of aliphatic hydroxyl groups is 1. The summed E-state index contributed by atoms with van der Waals surface area (Å²) in [7, 11) is 0. The third-order valence-electron chi connectivity index (χ3n) is 4.28. The summed E-state index contributed by atoms with van der Waals surface area (Å²) in [6.45, 7) is 5.09. The first kappa shape index (κ1) is 13.6. The second-order valence-electron chi connectivity index (χ2n) is 6.53. The zero-order chi connectivity index (χ0) is 13.0. The molecule has 0 saturated heterocycles. The van der Waals surface area contributed by atoms with E-state index in [0.29, 0.717) is 12.0 Å². The summed E-state index contributed by atoms with van der Waals surface area (Å²) in [5.74, 6) is 0.751. The lowest BCUT2D eigenvalue weighted by Gasteiger charge is -2.35. The first-order valence-electron chi connectivity index (χ1n) is 7.30. The van der Waals surface area contributed by atoms with Crippen LogP contribution >= 0.6 is 0 Å². The Morgan fingerprint density at radius 3 is 2.56 bits per heavy atom. The Morgan fingerprint density at radius 1 is 1.22 bits per heavy atom. The quantitative estimate of drug-likeness (QED) is 0.840. The Labute approximate surface area is 111 Å². The van der Waals surface area contributed by atoms with Gasteiger partial charge in [0.25, 0.3) is 0 Å². The molecule has 2 rings (SSSR count). The number of aryl methyl sites for hydroxylation is 1. The predicted molar refractivity (Wildman–Crippen MR) is 76.8 cm³/mol. The van der Waals surface area contributed by atoms with Gasteiger partial charge in [-0.25, -0.2) is 0 Å². The molecule has 0 aromatic heterocycles. The summed E-state index contributed by atoms with van der Waals surface area (Å²) >= 11 is 0. The molecule has 1 aromatic rings. The fourth-order valence-corrected chi connectivity index (χ4v) is 3.22. The third-order valence-corrected chi connectivity index (χ3v) is 4.28. The van der Waals surface area contributed by atoms with Gasteiger partial charge in [0.15, 0.2) is 0 Å². The van der Waals surface area contributed by atoms with Crippen molar-refractivity contribution in [3.05, 3.63) is 35.4 Å². The fourth-order valence-electron chi connectivity index (χ4n) is 3.22. The number of aliphatic hydroxyl groups excluding tert-OH is 1. The van der Waals surface area contributed by atoms with Crippen LogP contribution in [0.4, 0.5) is 0 Å². The minimum atomic E-state index is 0.290. The van der Waals surface area contributed by atoms with Crippen LogP contribution in [-0.2, 0) is 6.42 Å². The van der Waals surface area contributed by atoms with Crippen molar-refractivity contribution in [2.75, 3.05) is 6.61 Å². The third kappa shape index (κ3) is 3.58.